The lowest BCUT2D eigenvalue weighted by molar-refractivity contribution is -0.144. The predicted octanol–water partition coefficient (Wildman–Crippen LogP) is 3.57. The second-order valence-electron chi connectivity index (χ2n) is 7.12. The SMILES string of the molecule is C[C@@H]1[C@H](C)CCC[C@@H]1NC(=O)COC(=O)/C=C/c1cc(Cl)c2c(c1)OCO2. The molecule has 0 aromatic heterocycles. The van der Waals surface area contributed by atoms with Crippen molar-refractivity contribution in [2.45, 2.75) is 39.2 Å². The zero-order valence-electron chi connectivity index (χ0n) is 15.5. The van der Waals surface area contributed by atoms with E-state index in [1.165, 1.54) is 12.5 Å². The van der Waals surface area contributed by atoms with Gasteiger partial charge < -0.3 is 19.5 Å². The third kappa shape index (κ3) is 4.95. The van der Waals surface area contributed by atoms with Crippen molar-refractivity contribution in [1.29, 1.82) is 0 Å². The van der Waals surface area contributed by atoms with Crippen LogP contribution in [0.25, 0.3) is 6.08 Å². The van der Waals surface area contributed by atoms with Gasteiger partial charge in [0.15, 0.2) is 18.1 Å². The highest BCUT2D eigenvalue weighted by Crippen LogP contribution is 2.40. The molecule has 1 saturated carbocycles. The Morgan fingerprint density at radius 3 is 2.93 bits per heavy atom. The fourth-order valence-corrected chi connectivity index (χ4v) is 3.74. The molecule has 1 aromatic rings. The molecule has 3 atom stereocenters. The Bertz CT molecular complexity index is 748. The van der Waals surface area contributed by atoms with E-state index in [9.17, 15) is 9.59 Å². The van der Waals surface area contributed by atoms with Crippen LogP contribution in [0, 0.1) is 11.8 Å². The summed E-state index contributed by atoms with van der Waals surface area (Å²) in [5.74, 6) is 1.18. The summed E-state index contributed by atoms with van der Waals surface area (Å²) in [6.07, 6.45) is 6.08. The first-order valence-electron chi connectivity index (χ1n) is 9.17. The number of benzene rings is 1. The molecule has 146 valence electrons. The number of fused-ring (bicyclic) bond motifs is 1. The quantitative estimate of drug-likeness (QED) is 0.611. The fourth-order valence-electron chi connectivity index (χ4n) is 3.47. The van der Waals surface area contributed by atoms with E-state index >= 15 is 0 Å². The number of hydrogen-bond donors (Lipinski definition) is 1. The molecule has 1 fully saturated rings. The maximum atomic E-state index is 12.1. The van der Waals surface area contributed by atoms with E-state index in [0.29, 0.717) is 33.9 Å². The normalized spacial score (nSPS) is 24.0. The van der Waals surface area contributed by atoms with E-state index in [1.807, 2.05) is 0 Å². The van der Waals surface area contributed by atoms with Gasteiger partial charge in [0, 0.05) is 12.1 Å². The summed E-state index contributed by atoms with van der Waals surface area (Å²) < 4.78 is 15.5. The number of nitrogens with one attached hydrogen (secondary N) is 1. The number of rotatable bonds is 5. The molecule has 6 nitrogen and oxygen atoms in total. The van der Waals surface area contributed by atoms with Crippen molar-refractivity contribution in [3.05, 3.63) is 28.8 Å². The van der Waals surface area contributed by atoms with Crippen molar-refractivity contribution in [2.75, 3.05) is 13.4 Å². The molecule has 0 bridgehead atoms. The Balaban J connectivity index is 1.47. The molecule has 7 heteroatoms. The van der Waals surface area contributed by atoms with Crippen LogP contribution in [0.2, 0.25) is 5.02 Å². The Hall–Kier alpha value is -2.21. The summed E-state index contributed by atoms with van der Waals surface area (Å²) in [4.78, 5) is 23.9. The van der Waals surface area contributed by atoms with Crippen LogP contribution in [0.15, 0.2) is 18.2 Å². The average Bonchev–Trinajstić information content (AvgIpc) is 3.11. The molecule has 1 amide bonds. The Labute approximate surface area is 163 Å². The van der Waals surface area contributed by atoms with Gasteiger partial charge in [-0.25, -0.2) is 4.79 Å². The average molecular weight is 394 g/mol. The van der Waals surface area contributed by atoms with Gasteiger partial charge in [0.05, 0.1) is 5.02 Å². The third-order valence-corrected chi connectivity index (χ3v) is 5.54. The minimum atomic E-state index is -0.594. The van der Waals surface area contributed by atoms with Gasteiger partial charge >= 0.3 is 5.97 Å². The first-order chi connectivity index (χ1) is 12.9. The van der Waals surface area contributed by atoms with Crippen LogP contribution in [0.3, 0.4) is 0 Å². The van der Waals surface area contributed by atoms with Gasteiger partial charge in [0.2, 0.25) is 6.79 Å². The minimum absolute atomic E-state index is 0.123. The molecular formula is C20H24ClNO5. The smallest absolute Gasteiger partial charge is 0.331 e. The van der Waals surface area contributed by atoms with E-state index < -0.39 is 5.97 Å². The number of esters is 1. The van der Waals surface area contributed by atoms with E-state index in [2.05, 4.69) is 19.2 Å². The van der Waals surface area contributed by atoms with Crippen molar-refractivity contribution in [2.24, 2.45) is 11.8 Å². The Kier molecular flexibility index (Phi) is 6.26. The van der Waals surface area contributed by atoms with E-state index in [0.717, 1.165) is 12.8 Å². The highest BCUT2D eigenvalue weighted by Gasteiger charge is 2.28. The molecule has 27 heavy (non-hydrogen) atoms. The molecule has 1 N–H and O–H groups in total. The largest absolute Gasteiger partial charge is 0.454 e. The van der Waals surface area contributed by atoms with Gasteiger partial charge in [-0.2, -0.15) is 0 Å². The van der Waals surface area contributed by atoms with Crippen molar-refractivity contribution >= 4 is 29.6 Å². The topological polar surface area (TPSA) is 73.9 Å². The Morgan fingerprint density at radius 2 is 2.11 bits per heavy atom. The number of amides is 1. The molecule has 1 aliphatic carbocycles. The molecule has 0 radical (unpaired) electrons. The molecule has 2 aliphatic rings. The summed E-state index contributed by atoms with van der Waals surface area (Å²) in [6, 6.07) is 3.53. The molecule has 0 saturated heterocycles. The van der Waals surface area contributed by atoms with Crippen LogP contribution in [0.4, 0.5) is 0 Å². The lowest BCUT2D eigenvalue weighted by Gasteiger charge is -2.34. The molecule has 1 aliphatic heterocycles. The minimum Gasteiger partial charge on any atom is -0.454 e. The third-order valence-electron chi connectivity index (χ3n) is 5.26. The molecule has 1 aromatic carbocycles. The molecular weight excluding hydrogens is 370 g/mol. The van der Waals surface area contributed by atoms with Crippen LogP contribution in [0.1, 0.15) is 38.7 Å². The van der Waals surface area contributed by atoms with Gasteiger partial charge in [0.1, 0.15) is 0 Å². The molecule has 0 spiro atoms. The summed E-state index contributed by atoms with van der Waals surface area (Å²) in [5, 5.41) is 3.39. The van der Waals surface area contributed by atoms with Crippen LogP contribution in [-0.4, -0.2) is 31.3 Å². The van der Waals surface area contributed by atoms with Crippen LogP contribution >= 0.6 is 11.6 Å². The lowest BCUT2D eigenvalue weighted by atomic mass is 9.78. The van der Waals surface area contributed by atoms with Gasteiger partial charge in [-0.05, 0) is 42.0 Å². The zero-order valence-corrected chi connectivity index (χ0v) is 16.3. The summed E-state index contributed by atoms with van der Waals surface area (Å²) in [6.45, 7) is 4.19. The predicted molar refractivity (Wildman–Crippen MR) is 102 cm³/mol. The first kappa shape index (κ1) is 19.5. The number of carbonyl (C=O) groups is 2. The van der Waals surface area contributed by atoms with Crippen LogP contribution in [-0.2, 0) is 14.3 Å². The summed E-state index contributed by atoms with van der Waals surface area (Å²) in [7, 11) is 0. The zero-order chi connectivity index (χ0) is 19.4. The van der Waals surface area contributed by atoms with Crippen LogP contribution < -0.4 is 14.8 Å². The summed E-state index contributed by atoms with van der Waals surface area (Å²) in [5.41, 5.74) is 0.677. The molecule has 3 rings (SSSR count). The highest BCUT2D eigenvalue weighted by atomic mass is 35.5. The number of hydrogen-bond acceptors (Lipinski definition) is 5. The van der Waals surface area contributed by atoms with E-state index in [-0.39, 0.29) is 25.3 Å². The maximum absolute atomic E-state index is 12.1. The number of ether oxygens (including phenoxy) is 3. The first-order valence-corrected chi connectivity index (χ1v) is 9.55. The lowest BCUT2D eigenvalue weighted by Crippen LogP contribution is -2.45. The Morgan fingerprint density at radius 1 is 1.30 bits per heavy atom. The standard InChI is InChI=1S/C20H24ClNO5/c1-12-4-3-5-16(13(12)2)22-18(23)10-25-19(24)7-6-14-8-15(21)20-17(9-14)26-11-27-20/h6-9,12-13,16H,3-5,10-11H2,1-2H3,(H,22,23)/b7-6+/t12-,13-,16+/m1/s1. The van der Waals surface area contributed by atoms with Crippen molar-refractivity contribution in [3.63, 3.8) is 0 Å². The molecule has 1 heterocycles. The second kappa shape index (κ2) is 8.65. The number of carbonyl (C=O) groups excluding carboxylic acids is 2. The maximum Gasteiger partial charge on any atom is 0.331 e. The van der Waals surface area contributed by atoms with Gasteiger partial charge in [-0.15, -0.1) is 0 Å². The monoisotopic (exact) mass is 393 g/mol. The fraction of sp³-hybridized carbons (Fsp3) is 0.500. The number of halogens is 1. The highest BCUT2D eigenvalue weighted by molar-refractivity contribution is 6.32. The van der Waals surface area contributed by atoms with Crippen LogP contribution in [0.5, 0.6) is 11.5 Å². The van der Waals surface area contributed by atoms with Gasteiger partial charge in [-0.3, -0.25) is 4.79 Å². The van der Waals surface area contributed by atoms with Crippen molar-refractivity contribution in [3.8, 4) is 11.5 Å². The molecule has 0 unspecified atom stereocenters. The second-order valence-corrected chi connectivity index (χ2v) is 7.53. The van der Waals surface area contributed by atoms with Crippen molar-refractivity contribution in [1.82, 2.24) is 5.32 Å². The van der Waals surface area contributed by atoms with Gasteiger partial charge in [-0.1, -0.05) is 38.3 Å². The van der Waals surface area contributed by atoms with E-state index in [4.69, 9.17) is 25.8 Å². The summed E-state index contributed by atoms with van der Waals surface area (Å²) >= 11 is 6.10. The van der Waals surface area contributed by atoms with Gasteiger partial charge in [0.25, 0.3) is 5.91 Å². The van der Waals surface area contributed by atoms with E-state index in [1.54, 1.807) is 18.2 Å². The van der Waals surface area contributed by atoms with Crippen molar-refractivity contribution < 1.29 is 23.8 Å².